The van der Waals surface area contributed by atoms with Gasteiger partial charge in [-0.25, -0.2) is 0 Å². The van der Waals surface area contributed by atoms with Gasteiger partial charge in [0.2, 0.25) is 0 Å². The van der Waals surface area contributed by atoms with Gasteiger partial charge < -0.3 is 0 Å². The Bertz CT molecular complexity index is 127. The quantitative estimate of drug-likeness (QED) is 0.544. The van der Waals surface area contributed by atoms with Gasteiger partial charge in [0.05, 0.1) is 0 Å². The van der Waals surface area contributed by atoms with Crippen LogP contribution in [0.2, 0.25) is 0 Å². The molecule has 3 heteroatoms. The molecule has 1 heterocycles. The van der Waals surface area contributed by atoms with Crippen molar-refractivity contribution in [2.24, 2.45) is 0 Å². The summed E-state index contributed by atoms with van der Waals surface area (Å²) in [6.45, 7) is 4.85. The van der Waals surface area contributed by atoms with Gasteiger partial charge in [0.1, 0.15) is 6.04 Å². The third-order valence-corrected chi connectivity index (χ3v) is 1.78. The Morgan fingerprint density at radius 2 is 2.09 bits per heavy atom. The Morgan fingerprint density at radius 3 is 2.27 bits per heavy atom. The summed E-state index contributed by atoms with van der Waals surface area (Å²) in [5, 5.41) is 0. The third kappa shape index (κ3) is 2.97. The van der Waals surface area contributed by atoms with Crippen LogP contribution in [-0.4, -0.2) is 30.6 Å². The van der Waals surface area contributed by atoms with Crippen LogP contribution < -0.4 is 0 Å². The number of likely N-dealkylation sites (tertiary alicyclic amines) is 1. The molecule has 66 valence electrons. The minimum absolute atomic E-state index is 0.440. The highest BCUT2D eigenvalue weighted by molar-refractivity contribution is 5.74. The highest BCUT2D eigenvalue weighted by atomic mass is 19.1. The first-order chi connectivity index (χ1) is 5.22. The van der Waals surface area contributed by atoms with Crippen molar-refractivity contribution in [2.75, 3.05) is 13.6 Å². The van der Waals surface area contributed by atoms with E-state index in [1.54, 1.807) is 11.9 Å². The normalized spacial score (nSPS) is 24.2. The van der Waals surface area contributed by atoms with Crippen LogP contribution in [0.15, 0.2) is 0 Å². The van der Waals surface area contributed by atoms with Gasteiger partial charge in [0, 0.05) is 0 Å². The maximum absolute atomic E-state index is 12.0. The SMILES string of the molecule is CC.CN1CCCC1C(=O)F. The van der Waals surface area contributed by atoms with Crippen molar-refractivity contribution in [1.82, 2.24) is 4.90 Å². The van der Waals surface area contributed by atoms with Crippen LogP contribution in [0.1, 0.15) is 26.7 Å². The Hall–Kier alpha value is -0.440. The summed E-state index contributed by atoms with van der Waals surface area (Å²) in [4.78, 5) is 11.9. The molecule has 0 radical (unpaired) electrons. The van der Waals surface area contributed by atoms with Gasteiger partial charge in [-0.15, -0.1) is 0 Å². The molecule has 1 rings (SSSR count). The van der Waals surface area contributed by atoms with E-state index >= 15 is 0 Å². The summed E-state index contributed by atoms with van der Waals surface area (Å²) in [5.74, 6) is 0. The molecule has 0 aromatic carbocycles. The van der Waals surface area contributed by atoms with E-state index in [1.165, 1.54) is 0 Å². The molecule has 0 spiro atoms. The standard InChI is InChI=1S/C6H10FNO.C2H6/c1-8-4-2-3-5(8)6(7)9;1-2/h5H,2-4H2,1H3;1-2H3. The van der Waals surface area contributed by atoms with Gasteiger partial charge in [0.15, 0.2) is 0 Å². The van der Waals surface area contributed by atoms with Gasteiger partial charge in [-0.05, 0) is 26.4 Å². The Labute approximate surface area is 67.4 Å². The van der Waals surface area contributed by atoms with E-state index in [4.69, 9.17) is 0 Å². The Morgan fingerprint density at radius 1 is 1.55 bits per heavy atom. The fourth-order valence-corrected chi connectivity index (χ4v) is 1.20. The number of hydrogen-bond donors (Lipinski definition) is 0. The van der Waals surface area contributed by atoms with Gasteiger partial charge in [0.25, 0.3) is 0 Å². The summed E-state index contributed by atoms with van der Waals surface area (Å²) < 4.78 is 12.0. The summed E-state index contributed by atoms with van der Waals surface area (Å²) in [7, 11) is 1.77. The second-order valence-corrected chi connectivity index (χ2v) is 2.44. The number of hydrogen-bond acceptors (Lipinski definition) is 2. The van der Waals surface area contributed by atoms with Crippen molar-refractivity contribution >= 4 is 6.04 Å². The predicted molar refractivity (Wildman–Crippen MR) is 43.1 cm³/mol. The van der Waals surface area contributed by atoms with Crippen molar-refractivity contribution in [3.05, 3.63) is 0 Å². The minimum Gasteiger partial charge on any atom is -0.294 e. The topological polar surface area (TPSA) is 20.3 Å². The largest absolute Gasteiger partial charge is 0.318 e. The fourth-order valence-electron chi connectivity index (χ4n) is 1.20. The monoisotopic (exact) mass is 161 g/mol. The first-order valence-electron chi connectivity index (χ1n) is 4.11. The number of rotatable bonds is 1. The molecular formula is C8H16FNO. The Kier molecular flexibility index (Phi) is 5.03. The molecule has 0 aromatic heterocycles. The molecule has 0 aliphatic carbocycles. The van der Waals surface area contributed by atoms with Crippen LogP contribution in [0.25, 0.3) is 0 Å². The zero-order valence-corrected chi connectivity index (χ0v) is 7.43. The molecule has 2 nitrogen and oxygen atoms in total. The number of halogens is 1. The second kappa shape index (κ2) is 5.24. The highest BCUT2D eigenvalue weighted by Crippen LogP contribution is 2.15. The highest BCUT2D eigenvalue weighted by Gasteiger charge is 2.27. The first kappa shape index (κ1) is 10.6. The van der Waals surface area contributed by atoms with Crippen molar-refractivity contribution in [1.29, 1.82) is 0 Å². The summed E-state index contributed by atoms with van der Waals surface area (Å²) in [5.41, 5.74) is 0. The van der Waals surface area contributed by atoms with Crippen LogP contribution in [0.4, 0.5) is 4.39 Å². The van der Waals surface area contributed by atoms with Crippen LogP contribution in [0.5, 0.6) is 0 Å². The molecule has 1 unspecified atom stereocenters. The second-order valence-electron chi connectivity index (χ2n) is 2.44. The summed E-state index contributed by atoms with van der Waals surface area (Å²) >= 11 is 0. The number of likely N-dealkylation sites (N-methyl/N-ethyl adjacent to an activating group) is 1. The Balaban J connectivity index is 0.000000461. The lowest BCUT2D eigenvalue weighted by Crippen LogP contribution is -2.30. The molecule has 0 saturated carbocycles. The molecule has 11 heavy (non-hydrogen) atoms. The maximum Gasteiger partial charge on any atom is 0.318 e. The summed E-state index contributed by atoms with van der Waals surface area (Å²) in [6, 6.07) is -1.62. The molecular weight excluding hydrogens is 145 g/mol. The van der Waals surface area contributed by atoms with Gasteiger partial charge in [-0.2, -0.15) is 4.39 Å². The van der Waals surface area contributed by atoms with E-state index in [2.05, 4.69) is 0 Å². The van der Waals surface area contributed by atoms with E-state index in [0.29, 0.717) is 6.42 Å². The first-order valence-corrected chi connectivity index (χ1v) is 4.11. The van der Waals surface area contributed by atoms with Crippen molar-refractivity contribution in [3.8, 4) is 0 Å². The molecule has 0 bridgehead atoms. The lowest BCUT2D eigenvalue weighted by Gasteiger charge is -2.12. The van der Waals surface area contributed by atoms with Crippen LogP contribution in [0.3, 0.4) is 0 Å². The number of carbonyl (C=O) groups is 1. The zero-order valence-electron chi connectivity index (χ0n) is 7.43. The van der Waals surface area contributed by atoms with E-state index in [-0.39, 0.29) is 0 Å². The molecule has 1 aliphatic heterocycles. The summed E-state index contributed by atoms with van der Waals surface area (Å²) in [6.07, 6.45) is 1.63. The van der Waals surface area contributed by atoms with Gasteiger partial charge >= 0.3 is 6.04 Å². The molecule has 0 N–H and O–H groups in total. The van der Waals surface area contributed by atoms with E-state index in [0.717, 1.165) is 13.0 Å². The van der Waals surface area contributed by atoms with Gasteiger partial charge in [-0.1, -0.05) is 13.8 Å². The van der Waals surface area contributed by atoms with E-state index in [1.807, 2.05) is 13.8 Å². The lowest BCUT2D eigenvalue weighted by molar-refractivity contribution is -0.133. The number of carbonyl (C=O) groups excluding carboxylic acids is 1. The van der Waals surface area contributed by atoms with Crippen molar-refractivity contribution < 1.29 is 9.18 Å². The van der Waals surface area contributed by atoms with Crippen LogP contribution >= 0.6 is 0 Å². The fraction of sp³-hybridized carbons (Fsp3) is 0.875. The molecule has 1 saturated heterocycles. The van der Waals surface area contributed by atoms with Crippen LogP contribution in [-0.2, 0) is 4.79 Å². The molecule has 0 amide bonds. The zero-order chi connectivity index (χ0) is 8.85. The lowest BCUT2D eigenvalue weighted by atomic mass is 10.2. The van der Waals surface area contributed by atoms with Gasteiger partial charge in [-0.3, -0.25) is 9.69 Å². The molecule has 1 atom stereocenters. The third-order valence-electron chi connectivity index (χ3n) is 1.78. The average molecular weight is 161 g/mol. The predicted octanol–water partition coefficient (Wildman–Crippen LogP) is 1.60. The van der Waals surface area contributed by atoms with Crippen molar-refractivity contribution in [3.63, 3.8) is 0 Å². The average Bonchev–Trinajstić information content (AvgIpc) is 2.39. The number of nitrogens with zero attached hydrogens (tertiary/aromatic N) is 1. The smallest absolute Gasteiger partial charge is 0.294 e. The maximum atomic E-state index is 12.0. The molecule has 1 fully saturated rings. The van der Waals surface area contributed by atoms with Crippen LogP contribution in [0, 0.1) is 0 Å². The minimum atomic E-state index is -1.19. The van der Waals surface area contributed by atoms with E-state index < -0.39 is 12.1 Å². The molecule has 1 aliphatic rings. The van der Waals surface area contributed by atoms with E-state index in [9.17, 15) is 9.18 Å². The van der Waals surface area contributed by atoms with Crippen molar-refractivity contribution in [2.45, 2.75) is 32.7 Å². The molecule has 0 aromatic rings.